The smallest absolute Gasteiger partial charge is 0.0756 e. The number of hydrogen-bond acceptors (Lipinski definition) is 6. The van der Waals surface area contributed by atoms with Crippen molar-refractivity contribution in [3.8, 4) is 0 Å². The molecule has 4 rings (SSSR count). The SMILES string of the molecule is C1CSc2c(sc3c4c(sc23)SCCS4)S1. The van der Waals surface area contributed by atoms with Gasteiger partial charge < -0.3 is 0 Å². The van der Waals surface area contributed by atoms with Crippen molar-refractivity contribution in [1.82, 2.24) is 0 Å². The summed E-state index contributed by atoms with van der Waals surface area (Å²) in [6.07, 6.45) is 0. The van der Waals surface area contributed by atoms with E-state index in [4.69, 9.17) is 0 Å². The van der Waals surface area contributed by atoms with Crippen LogP contribution in [0.1, 0.15) is 0 Å². The third-order valence-corrected chi connectivity index (χ3v) is 11.1. The topological polar surface area (TPSA) is 0 Å². The van der Waals surface area contributed by atoms with Gasteiger partial charge in [-0.2, -0.15) is 0 Å². The second kappa shape index (κ2) is 4.31. The number of thioether (sulfide) groups is 4. The molecular weight excluding hydrogens is 313 g/mol. The molecule has 0 N–H and O–H groups in total. The van der Waals surface area contributed by atoms with Crippen molar-refractivity contribution in [2.75, 3.05) is 23.0 Å². The lowest BCUT2D eigenvalue weighted by Crippen LogP contribution is -1.89. The van der Waals surface area contributed by atoms with Crippen LogP contribution in [0.15, 0.2) is 18.2 Å². The van der Waals surface area contributed by atoms with Crippen molar-refractivity contribution < 1.29 is 0 Å². The number of hydrogen-bond donors (Lipinski definition) is 0. The Morgan fingerprint density at radius 3 is 1.50 bits per heavy atom. The van der Waals surface area contributed by atoms with Crippen LogP contribution in [0.2, 0.25) is 0 Å². The lowest BCUT2D eigenvalue weighted by atomic mass is 10.5. The summed E-state index contributed by atoms with van der Waals surface area (Å²) in [5.41, 5.74) is 0. The Bertz CT molecular complexity index is 501. The summed E-state index contributed by atoms with van der Waals surface area (Å²) < 4.78 is 6.33. The summed E-state index contributed by atoms with van der Waals surface area (Å²) in [6, 6.07) is 0. The van der Waals surface area contributed by atoms with Crippen LogP contribution < -0.4 is 0 Å². The van der Waals surface area contributed by atoms with E-state index in [1.54, 1.807) is 27.6 Å². The van der Waals surface area contributed by atoms with Gasteiger partial charge in [0.1, 0.15) is 0 Å². The molecule has 2 aromatic heterocycles. The van der Waals surface area contributed by atoms with Crippen molar-refractivity contribution in [2.24, 2.45) is 0 Å². The summed E-state index contributed by atoms with van der Waals surface area (Å²) >= 11 is 12.3. The first kappa shape index (κ1) is 10.9. The van der Waals surface area contributed by atoms with Gasteiger partial charge in [0.25, 0.3) is 0 Å². The molecule has 2 aliphatic heterocycles. The van der Waals surface area contributed by atoms with Gasteiger partial charge in [-0.3, -0.25) is 0 Å². The second-order valence-corrected chi connectivity index (χ2v) is 10.5. The Morgan fingerprint density at radius 2 is 1.00 bits per heavy atom. The fraction of sp³-hybridized carbons (Fsp3) is 0.400. The lowest BCUT2D eigenvalue weighted by molar-refractivity contribution is 1.38. The maximum Gasteiger partial charge on any atom is 0.0756 e. The lowest BCUT2D eigenvalue weighted by Gasteiger charge is -2.10. The van der Waals surface area contributed by atoms with Crippen LogP contribution in [0.3, 0.4) is 0 Å². The summed E-state index contributed by atoms with van der Waals surface area (Å²) in [4.78, 5) is 3.19. The summed E-state index contributed by atoms with van der Waals surface area (Å²) in [7, 11) is 0. The van der Waals surface area contributed by atoms with E-state index in [0.29, 0.717) is 0 Å². The van der Waals surface area contributed by atoms with Crippen molar-refractivity contribution in [1.29, 1.82) is 0 Å². The molecule has 0 radical (unpaired) electrons. The van der Waals surface area contributed by atoms with E-state index in [2.05, 4.69) is 47.0 Å². The molecule has 84 valence electrons. The predicted molar refractivity (Wildman–Crippen MR) is 82.6 cm³/mol. The summed E-state index contributed by atoms with van der Waals surface area (Å²) in [5.74, 6) is 5.14. The Labute approximate surface area is 119 Å². The average molecular weight is 321 g/mol. The van der Waals surface area contributed by atoms with Gasteiger partial charge in [0.2, 0.25) is 0 Å². The molecule has 2 aromatic rings. The van der Waals surface area contributed by atoms with Crippen LogP contribution in [-0.4, -0.2) is 23.0 Å². The molecule has 0 bridgehead atoms. The van der Waals surface area contributed by atoms with Gasteiger partial charge in [-0.1, -0.05) is 0 Å². The van der Waals surface area contributed by atoms with Crippen molar-refractivity contribution >= 4 is 79.1 Å². The molecule has 4 heterocycles. The van der Waals surface area contributed by atoms with Crippen molar-refractivity contribution in [3.05, 3.63) is 0 Å². The highest BCUT2D eigenvalue weighted by atomic mass is 32.2. The third-order valence-electron chi connectivity index (χ3n) is 2.50. The molecule has 16 heavy (non-hydrogen) atoms. The van der Waals surface area contributed by atoms with Crippen LogP contribution in [0.5, 0.6) is 0 Å². The van der Waals surface area contributed by atoms with E-state index in [9.17, 15) is 0 Å². The normalized spacial score (nSPS) is 19.8. The highest BCUT2D eigenvalue weighted by Crippen LogP contribution is 2.56. The molecule has 0 aliphatic carbocycles. The first-order valence-electron chi connectivity index (χ1n) is 5.04. The third kappa shape index (κ3) is 1.61. The first-order valence-corrected chi connectivity index (χ1v) is 10.6. The number of fused-ring (bicyclic) bond motifs is 5. The molecule has 6 heteroatoms. The van der Waals surface area contributed by atoms with E-state index in [1.807, 2.05) is 22.7 Å². The standard InChI is InChI=1S/C10H8S6/c1-3-13-9-7(11-1)5-6(16-9)8-10(15-5)14-4-2-12-8/h1-4H2. The molecule has 0 saturated heterocycles. The largest absolute Gasteiger partial charge is 0.125 e. The molecule has 0 nitrogen and oxygen atoms in total. The van der Waals surface area contributed by atoms with Crippen LogP contribution in [0.25, 0.3) is 9.40 Å². The minimum absolute atomic E-state index is 1.28. The second-order valence-electron chi connectivity index (χ2n) is 3.49. The molecule has 0 saturated carbocycles. The highest BCUT2D eigenvalue weighted by molar-refractivity contribution is 8.08. The molecular formula is C10H8S6. The van der Waals surface area contributed by atoms with Gasteiger partial charge in [0, 0.05) is 32.8 Å². The molecule has 0 spiro atoms. The molecule has 0 amide bonds. The predicted octanol–water partition coefficient (Wildman–Crippen LogP) is 5.36. The minimum Gasteiger partial charge on any atom is -0.125 e. The molecule has 2 aliphatic rings. The van der Waals surface area contributed by atoms with Crippen LogP contribution in [-0.2, 0) is 0 Å². The highest BCUT2D eigenvalue weighted by Gasteiger charge is 2.25. The van der Waals surface area contributed by atoms with Crippen molar-refractivity contribution in [2.45, 2.75) is 18.2 Å². The molecule has 0 unspecified atom stereocenters. The number of rotatable bonds is 0. The molecule has 0 aromatic carbocycles. The fourth-order valence-corrected chi connectivity index (χ4v) is 10.7. The Morgan fingerprint density at radius 1 is 0.562 bits per heavy atom. The van der Waals surface area contributed by atoms with Gasteiger partial charge in [-0.15, -0.1) is 69.7 Å². The van der Waals surface area contributed by atoms with Gasteiger partial charge in [0.15, 0.2) is 0 Å². The Hall–Kier alpha value is 1.06. The zero-order chi connectivity index (χ0) is 10.5. The molecule has 0 fully saturated rings. The Kier molecular flexibility index (Phi) is 2.95. The monoisotopic (exact) mass is 320 g/mol. The van der Waals surface area contributed by atoms with E-state index >= 15 is 0 Å². The van der Waals surface area contributed by atoms with Gasteiger partial charge in [-0.05, 0) is 0 Å². The van der Waals surface area contributed by atoms with Gasteiger partial charge in [-0.25, -0.2) is 0 Å². The maximum atomic E-state index is 2.07. The maximum absolute atomic E-state index is 2.07. The fourth-order valence-electron chi connectivity index (χ4n) is 1.85. The van der Waals surface area contributed by atoms with Gasteiger partial charge >= 0.3 is 0 Å². The van der Waals surface area contributed by atoms with E-state index in [1.165, 1.54) is 23.0 Å². The Balaban J connectivity index is 1.99. The quantitative estimate of drug-likeness (QED) is 0.640. The van der Waals surface area contributed by atoms with E-state index in [-0.39, 0.29) is 0 Å². The van der Waals surface area contributed by atoms with Crippen molar-refractivity contribution in [3.63, 3.8) is 0 Å². The first-order chi connectivity index (χ1) is 7.93. The zero-order valence-electron chi connectivity index (χ0n) is 8.28. The van der Waals surface area contributed by atoms with Crippen LogP contribution >= 0.6 is 69.7 Å². The average Bonchev–Trinajstić information content (AvgIpc) is 2.85. The van der Waals surface area contributed by atoms with Crippen LogP contribution in [0.4, 0.5) is 0 Å². The zero-order valence-corrected chi connectivity index (χ0v) is 13.2. The minimum atomic E-state index is 1.28. The number of thiophene rings is 2. The van der Waals surface area contributed by atoms with Crippen LogP contribution in [0, 0.1) is 0 Å². The summed E-state index contributed by atoms with van der Waals surface area (Å²) in [6.45, 7) is 0. The van der Waals surface area contributed by atoms with Gasteiger partial charge in [0.05, 0.1) is 17.8 Å². The molecule has 0 atom stereocenters. The summed E-state index contributed by atoms with van der Waals surface area (Å²) in [5, 5.41) is 0. The van der Waals surface area contributed by atoms with E-state index in [0.717, 1.165) is 0 Å². The van der Waals surface area contributed by atoms with E-state index < -0.39 is 0 Å².